The van der Waals surface area contributed by atoms with Crippen molar-refractivity contribution in [3.05, 3.63) is 0 Å². The zero-order valence-corrected chi connectivity index (χ0v) is 11.5. The van der Waals surface area contributed by atoms with Crippen LogP contribution in [0.3, 0.4) is 0 Å². The van der Waals surface area contributed by atoms with Gasteiger partial charge in [0, 0.05) is 32.2 Å². The molecule has 2 atom stereocenters. The Morgan fingerprint density at radius 1 is 1.39 bits per heavy atom. The van der Waals surface area contributed by atoms with E-state index in [1.54, 1.807) is 0 Å². The van der Waals surface area contributed by atoms with E-state index in [2.05, 4.69) is 10.8 Å². The quantitative estimate of drug-likeness (QED) is 0.690. The lowest BCUT2D eigenvalue weighted by molar-refractivity contribution is 0.0617. The number of rotatable bonds is 5. The standard InChI is InChI=1S/C13H21NO3S/c1-2-3-7-14(10-13-5-4-8-17-13)12-6-9-18(15,16)11-12/h1,12-13H,3-11H2/t12-,13-/m0/s1. The lowest BCUT2D eigenvalue weighted by atomic mass is 10.1. The Morgan fingerprint density at radius 2 is 2.22 bits per heavy atom. The van der Waals surface area contributed by atoms with Crippen molar-refractivity contribution in [3.8, 4) is 12.3 Å². The highest BCUT2D eigenvalue weighted by Gasteiger charge is 2.33. The summed E-state index contributed by atoms with van der Waals surface area (Å²) in [5.41, 5.74) is 0. The Labute approximate surface area is 110 Å². The number of nitrogens with zero attached hydrogens (tertiary/aromatic N) is 1. The summed E-state index contributed by atoms with van der Waals surface area (Å²) in [7, 11) is -2.83. The molecule has 0 unspecified atom stereocenters. The first-order chi connectivity index (χ1) is 8.61. The second-order valence-electron chi connectivity index (χ2n) is 5.14. The fourth-order valence-corrected chi connectivity index (χ4v) is 4.51. The van der Waals surface area contributed by atoms with Crippen LogP contribution in [0.1, 0.15) is 25.7 Å². The van der Waals surface area contributed by atoms with E-state index in [0.29, 0.717) is 12.2 Å². The van der Waals surface area contributed by atoms with Gasteiger partial charge in [-0.25, -0.2) is 8.42 Å². The van der Waals surface area contributed by atoms with Gasteiger partial charge in [-0.2, -0.15) is 0 Å². The molecule has 0 spiro atoms. The van der Waals surface area contributed by atoms with Crippen molar-refractivity contribution in [2.45, 2.75) is 37.8 Å². The number of hydrogen-bond donors (Lipinski definition) is 0. The molecule has 2 aliphatic heterocycles. The van der Waals surface area contributed by atoms with Gasteiger partial charge in [-0.05, 0) is 19.3 Å². The molecule has 0 aromatic carbocycles. The molecule has 2 saturated heterocycles. The number of ether oxygens (including phenoxy) is 1. The van der Waals surface area contributed by atoms with E-state index < -0.39 is 9.84 Å². The molecule has 0 aromatic heterocycles. The topological polar surface area (TPSA) is 46.6 Å². The summed E-state index contributed by atoms with van der Waals surface area (Å²) in [5.74, 6) is 3.23. The van der Waals surface area contributed by atoms with E-state index in [9.17, 15) is 8.42 Å². The molecule has 0 bridgehead atoms. The third-order valence-electron chi connectivity index (χ3n) is 3.73. The maximum Gasteiger partial charge on any atom is 0.151 e. The number of terminal acetylenes is 1. The van der Waals surface area contributed by atoms with Crippen LogP contribution in [0.25, 0.3) is 0 Å². The van der Waals surface area contributed by atoms with Crippen LogP contribution in [-0.2, 0) is 14.6 Å². The molecule has 0 aromatic rings. The van der Waals surface area contributed by atoms with Crippen LogP contribution in [0.4, 0.5) is 0 Å². The third-order valence-corrected chi connectivity index (χ3v) is 5.48. The van der Waals surface area contributed by atoms with Gasteiger partial charge in [-0.15, -0.1) is 12.3 Å². The first kappa shape index (κ1) is 13.9. The lowest BCUT2D eigenvalue weighted by Crippen LogP contribution is -2.41. The van der Waals surface area contributed by atoms with Gasteiger partial charge in [-0.3, -0.25) is 4.90 Å². The fourth-order valence-electron chi connectivity index (χ4n) is 2.74. The maximum atomic E-state index is 11.6. The Kier molecular flexibility index (Phi) is 4.66. The van der Waals surface area contributed by atoms with Crippen LogP contribution >= 0.6 is 0 Å². The third kappa shape index (κ3) is 3.71. The largest absolute Gasteiger partial charge is 0.377 e. The molecule has 18 heavy (non-hydrogen) atoms. The van der Waals surface area contributed by atoms with Gasteiger partial charge in [0.1, 0.15) is 0 Å². The minimum atomic E-state index is -2.83. The van der Waals surface area contributed by atoms with Gasteiger partial charge in [-0.1, -0.05) is 0 Å². The van der Waals surface area contributed by atoms with Gasteiger partial charge in [0.05, 0.1) is 17.6 Å². The first-order valence-corrected chi connectivity index (χ1v) is 8.42. The fraction of sp³-hybridized carbons (Fsp3) is 0.846. The van der Waals surface area contributed by atoms with Gasteiger partial charge >= 0.3 is 0 Å². The SMILES string of the molecule is C#CCCN(C[C@@H]1CCCO1)[C@H]1CCS(=O)(=O)C1. The van der Waals surface area contributed by atoms with Crippen LogP contribution in [0.5, 0.6) is 0 Å². The normalized spacial score (nSPS) is 30.7. The highest BCUT2D eigenvalue weighted by molar-refractivity contribution is 7.91. The Balaban J connectivity index is 1.94. The van der Waals surface area contributed by atoms with Crippen molar-refractivity contribution in [2.24, 2.45) is 0 Å². The van der Waals surface area contributed by atoms with Crippen LogP contribution < -0.4 is 0 Å². The van der Waals surface area contributed by atoms with Gasteiger partial charge in [0.25, 0.3) is 0 Å². The molecule has 0 saturated carbocycles. The molecule has 102 valence electrons. The average Bonchev–Trinajstić information content (AvgIpc) is 2.93. The predicted molar refractivity (Wildman–Crippen MR) is 71.1 cm³/mol. The second-order valence-corrected chi connectivity index (χ2v) is 7.37. The summed E-state index contributed by atoms with van der Waals surface area (Å²) < 4.78 is 28.7. The van der Waals surface area contributed by atoms with Crippen molar-refractivity contribution in [3.63, 3.8) is 0 Å². The minimum absolute atomic E-state index is 0.132. The van der Waals surface area contributed by atoms with E-state index >= 15 is 0 Å². The van der Waals surface area contributed by atoms with Gasteiger partial charge in [0.2, 0.25) is 0 Å². The summed E-state index contributed by atoms with van der Waals surface area (Å²) >= 11 is 0. The Morgan fingerprint density at radius 3 is 2.78 bits per heavy atom. The van der Waals surface area contributed by atoms with Gasteiger partial charge in [0.15, 0.2) is 9.84 Å². The molecule has 2 aliphatic rings. The first-order valence-electron chi connectivity index (χ1n) is 6.60. The molecule has 5 heteroatoms. The van der Waals surface area contributed by atoms with E-state index in [-0.39, 0.29) is 17.9 Å². The monoisotopic (exact) mass is 271 g/mol. The van der Waals surface area contributed by atoms with E-state index in [0.717, 1.165) is 39.0 Å². The van der Waals surface area contributed by atoms with Gasteiger partial charge < -0.3 is 4.74 Å². The van der Waals surface area contributed by atoms with Crippen LogP contribution in [0.2, 0.25) is 0 Å². The Hall–Kier alpha value is -0.570. The predicted octanol–water partition coefficient (Wildman–Crippen LogP) is 0.678. The summed E-state index contributed by atoms with van der Waals surface area (Å²) in [5, 5.41) is 0. The van der Waals surface area contributed by atoms with Crippen LogP contribution in [0, 0.1) is 12.3 Å². The molecular weight excluding hydrogens is 250 g/mol. The molecule has 0 radical (unpaired) electrons. The van der Waals surface area contributed by atoms with E-state index in [1.807, 2.05) is 0 Å². The highest BCUT2D eigenvalue weighted by atomic mass is 32.2. The molecule has 0 N–H and O–H groups in total. The van der Waals surface area contributed by atoms with Crippen molar-refractivity contribution in [1.82, 2.24) is 4.90 Å². The smallest absolute Gasteiger partial charge is 0.151 e. The van der Waals surface area contributed by atoms with Crippen molar-refractivity contribution >= 4 is 9.84 Å². The van der Waals surface area contributed by atoms with Crippen molar-refractivity contribution in [2.75, 3.05) is 31.2 Å². The van der Waals surface area contributed by atoms with Crippen LogP contribution in [0.15, 0.2) is 0 Å². The number of hydrogen-bond acceptors (Lipinski definition) is 4. The maximum absolute atomic E-state index is 11.6. The van der Waals surface area contributed by atoms with Crippen molar-refractivity contribution < 1.29 is 13.2 Å². The summed E-state index contributed by atoms with van der Waals surface area (Å²) in [6.45, 7) is 2.43. The molecule has 4 nitrogen and oxygen atoms in total. The zero-order chi connectivity index (χ0) is 13.0. The molecule has 2 fully saturated rings. The summed E-state index contributed by atoms with van der Waals surface area (Å²) in [6.07, 6.45) is 9.16. The zero-order valence-electron chi connectivity index (χ0n) is 10.7. The minimum Gasteiger partial charge on any atom is -0.377 e. The molecule has 0 aliphatic carbocycles. The molecule has 2 heterocycles. The number of sulfone groups is 1. The lowest BCUT2D eigenvalue weighted by Gasteiger charge is -2.29. The molecule has 2 rings (SSSR count). The Bertz CT molecular complexity index is 406. The average molecular weight is 271 g/mol. The molecule has 0 amide bonds. The van der Waals surface area contributed by atoms with E-state index in [1.165, 1.54) is 0 Å². The highest BCUT2D eigenvalue weighted by Crippen LogP contribution is 2.21. The molecular formula is C13H21NO3S. The van der Waals surface area contributed by atoms with E-state index in [4.69, 9.17) is 11.2 Å². The van der Waals surface area contributed by atoms with Crippen molar-refractivity contribution in [1.29, 1.82) is 0 Å². The second kappa shape index (κ2) is 6.05. The van der Waals surface area contributed by atoms with Crippen LogP contribution in [-0.4, -0.2) is 56.7 Å². The summed E-state index contributed by atoms with van der Waals surface area (Å²) in [4.78, 5) is 2.22. The summed E-state index contributed by atoms with van der Waals surface area (Å²) in [6, 6.07) is 0.132.